The zero-order valence-electron chi connectivity index (χ0n) is 11.1. The van der Waals surface area contributed by atoms with E-state index in [0.717, 1.165) is 0 Å². The fourth-order valence-corrected chi connectivity index (χ4v) is 0.965. The summed E-state index contributed by atoms with van der Waals surface area (Å²) in [5, 5.41) is 20.1. The highest BCUT2D eigenvalue weighted by Crippen LogP contribution is 2.06. The largest absolute Gasteiger partial charge is 0.444 e. The standard InChI is InChI=1S/C11H23NO6/c1-11(2,3)18-10(15)12-9(14)8-17-7-6-16-5-4-13/h9,13-14H,4-8H2,1-3H3,(H,12,15). The number of aliphatic hydroxyl groups excluding tert-OH is 2. The summed E-state index contributed by atoms with van der Waals surface area (Å²) in [5.74, 6) is 0. The van der Waals surface area contributed by atoms with Crippen LogP contribution in [0.3, 0.4) is 0 Å². The van der Waals surface area contributed by atoms with Gasteiger partial charge in [0.1, 0.15) is 5.60 Å². The molecular weight excluding hydrogens is 242 g/mol. The Hall–Kier alpha value is -0.890. The number of carbonyl (C=O) groups excluding carboxylic acids is 1. The molecule has 108 valence electrons. The minimum atomic E-state index is -1.13. The molecule has 0 aromatic rings. The van der Waals surface area contributed by atoms with Crippen LogP contribution in [0.4, 0.5) is 4.79 Å². The first-order valence-electron chi connectivity index (χ1n) is 5.79. The Morgan fingerprint density at radius 2 is 1.83 bits per heavy atom. The van der Waals surface area contributed by atoms with Gasteiger partial charge in [0.25, 0.3) is 0 Å². The Balaban J connectivity index is 3.53. The fourth-order valence-electron chi connectivity index (χ4n) is 0.965. The van der Waals surface area contributed by atoms with Crippen molar-refractivity contribution >= 4 is 6.09 Å². The van der Waals surface area contributed by atoms with E-state index in [2.05, 4.69) is 5.32 Å². The number of amides is 1. The van der Waals surface area contributed by atoms with E-state index in [-0.39, 0.29) is 26.4 Å². The van der Waals surface area contributed by atoms with E-state index in [1.165, 1.54) is 0 Å². The molecule has 0 saturated heterocycles. The zero-order chi connectivity index (χ0) is 14.0. The second kappa shape index (κ2) is 9.09. The molecule has 0 aromatic carbocycles. The molecule has 0 radical (unpaired) electrons. The highest BCUT2D eigenvalue weighted by molar-refractivity contribution is 5.67. The van der Waals surface area contributed by atoms with Gasteiger partial charge in [-0.05, 0) is 20.8 Å². The number of nitrogens with one attached hydrogen (secondary N) is 1. The van der Waals surface area contributed by atoms with Gasteiger partial charge in [0.15, 0.2) is 6.23 Å². The highest BCUT2D eigenvalue weighted by atomic mass is 16.6. The number of ether oxygens (including phenoxy) is 3. The molecule has 1 atom stereocenters. The van der Waals surface area contributed by atoms with Crippen molar-refractivity contribution in [3.63, 3.8) is 0 Å². The number of hydrogen-bond donors (Lipinski definition) is 3. The summed E-state index contributed by atoms with van der Waals surface area (Å²) in [6.07, 6.45) is -1.83. The molecule has 7 heteroatoms. The molecule has 0 heterocycles. The maximum atomic E-state index is 11.2. The van der Waals surface area contributed by atoms with Crippen LogP contribution in [-0.4, -0.2) is 61.2 Å². The molecule has 18 heavy (non-hydrogen) atoms. The topological polar surface area (TPSA) is 97.3 Å². The highest BCUT2D eigenvalue weighted by Gasteiger charge is 2.18. The lowest BCUT2D eigenvalue weighted by atomic mass is 10.2. The van der Waals surface area contributed by atoms with Crippen molar-refractivity contribution in [3.05, 3.63) is 0 Å². The quantitative estimate of drug-likeness (QED) is 0.417. The summed E-state index contributed by atoms with van der Waals surface area (Å²) >= 11 is 0. The maximum Gasteiger partial charge on any atom is 0.409 e. The van der Waals surface area contributed by atoms with Crippen molar-refractivity contribution < 1.29 is 29.2 Å². The summed E-state index contributed by atoms with van der Waals surface area (Å²) in [4.78, 5) is 11.2. The third-order valence-electron chi connectivity index (χ3n) is 1.57. The van der Waals surface area contributed by atoms with Crippen molar-refractivity contribution in [1.29, 1.82) is 0 Å². The van der Waals surface area contributed by atoms with Crippen LogP contribution in [0.1, 0.15) is 20.8 Å². The van der Waals surface area contributed by atoms with Gasteiger partial charge >= 0.3 is 6.09 Å². The molecule has 0 aliphatic heterocycles. The van der Waals surface area contributed by atoms with Gasteiger partial charge in [-0.3, -0.25) is 5.32 Å². The summed E-state index contributed by atoms with van der Waals surface area (Å²) in [6.45, 7) is 5.94. The number of hydrogen-bond acceptors (Lipinski definition) is 6. The maximum absolute atomic E-state index is 11.2. The van der Waals surface area contributed by atoms with Crippen LogP contribution in [0.5, 0.6) is 0 Å². The van der Waals surface area contributed by atoms with Gasteiger partial charge in [-0.1, -0.05) is 0 Å². The minimum Gasteiger partial charge on any atom is -0.444 e. The fraction of sp³-hybridized carbons (Fsp3) is 0.909. The summed E-state index contributed by atoms with van der Waals surface area (Å²) in [7, 11) is 0. The second-order valence-corrected chi connectivity index (χ2v) is 4.57. The van der Waals surface area contributed by atoms with Crippen molar-refractivity contribution in [1.82, 2.24) is 5.32 Å². The van der Waals surface area contributed by atoms with Crippen LogP contribution in [0.15, 0.2) is 0 Å². The summed E-state index contributed by atoms with van der Waals surface area (Å²) < 4.78 is 14.9. The van der Waals surface area contributed by atoms with Crippen LogP contribution in [-0.2, 0) is 14.2 Å². The molecule has 1 unspecified atom stereocenters. The van der Waals surface area contributed by atoms with E-state index in [4.69, 9.17) is 19.3 Å². The van der Waals surface area contributed by atoms with Gasteiger partial charge in [0.2, 0.25) is 0 Å². The Kier molecular flexibility index (Phi) is 8.65. The average molecular weight is 265 g/mol. The molecule has 0 aliphatic rings. The van der Waals surface area contributed by atoms with Crippen molar-refractivity contribution in [3.8, 4) is 0 Å². The zero-order valence-corrected chi connectivity index (χ0v) is 11.1. The SMILES string of the molecule is CC(C)(C)OC(=O)NC(O)COCCOCCO. The van der Waals surface area contributed by atoms with Gasteiger partial charge < -0.3 is 24.4 Å². The van der Waals surface area contributed by atoms with Gasteiger partial charge in [0.05, 0.1) is 33.0 Å². The average Bonchev–Trinajstić information content (AvgIpc) is 2.20. The first-order chi connectivity index (χ1) is 8.35. The Morgan fingerprint density at radius 1 is 1.22 bits per heavy atom. The van der Waals surface area contributed by atoms with Gasteiger partial charge in [-0.25, -0.2) is 4.79 Å². The van der Waals surface area contributed by atoms with Crippen LogP contribution in [0.25, 0.3) is 0 Å². The summed E-state index contributed by atoms with van der Waals surface area (Å²) in [6, 6.07) is 0. The number of alkyl carbamates (subject to hydrolysis) is 1. The lowest BCUT2D eigenvalue weighted by Gasteiger charge is -2.21. The molecule has 7 nitrogen and oxygen atoms in total. The number of aliphatic hydroxyl groups is 2. The Bertz CT molecular complexity index is 228. The van der Waals surface area contributed by atoms with E-state index < -0.39 is 17.9 Å². The number of rotatable bonds is 8. The molecule has 0 saturated carbocycles. The molecule has 0 bridgehead atoms. The first kappa shape index (κ1) is 17.1. The van der Waals surface area contributed by atoms with E-state index in [0.29, 0.717) is 6.61 Å². The summed E-state index contributed by atoms with van der Waals surface area (Å²) in [5.41, 5.74) is -0.608. The second-order valence-electron chi connectivity index (χ2n) is 4.57. The van der Waals surface area contributed by atoms with Crippen LogP contribution < -0.4 is 5.32 Å². The van der Waals surface area contributed by atoms with Crippen LogP contribution >= 0.6 is 0 Å². The Labute approximate surface area is 107 Å². The number of carbonyl (C=O) groups is 1. The van der Waals surface area contributed by atoms with Crippen LogP contribution in [0, 0.1) is 0 Å². The molecule has 1 amide bonds. The molecule has 0 spiro atoms. The third-order valence-corrected chi connectivity index (χ3v) is 1.57. The predicted octanol–water partition coefficient (Wildman–Crippen LogP) is -0.145. The monoisotopic (exact) mass is 265 g/mol. The Morgan fingerprint density at radius 3 is 2.39 bits per heavy atom. The molecule has 0 aromatic heterocycles. The van der Waals surface area contributed by atoms with Crippen molar-refractivity contribution in [2.75, 3.05) is 33.0 Å². The first-order valence-corrected chi connectivity index (χ1v) is 5.79. The molecular formula is C11H23NO6. The van der Waals surface area contributed by atoms with Crippen molar-refractivity contribution in [2.24, 2.45) is 0 Å². The molecule has 0 aliphatic carbocycles. The lowest BCUT2D eigenvalue weighted by Crippen LogP contribution is -2.41. The molecule has 3 N–H and O–H groups in total. The van der Waals surface area contributed by atoms with Crippen LogP contribution in [0.2, 0.25) is 0 Å². The van der Waals surface area contributed by atoms with E-state index in [9.17, 15) is 9.90 Å². The minimum absolute atomic E-state index is 0.0389. The smallest absolute Gasteiger partial charge is 0.409 e. The van der Waals surface area contributed by atoms with Gasteiger partial charge in [0, 0.05) is 0 Å². The van der Waals surface area contributed by atoms with E-state index in [1.54, 1.807) is 20.8 Å². The molecule has 0 rings (SSSR count). The van der Waals surface area contributed by atoms with E-state index in [1.807, 2.05) is 0 Å². The van der Waals surface area contributed by atoms with Gasteiger partial charge in [-0.2, -0.15) is 0 Å². The third kappa shape index (κ3) is 11.6. The van der Waals surface area contributed by atoms with Gasteiger partial charge in [-0.15, -0.1) is 0 Å². The molecule has 0 fully saturated rings. The van der Waals surface area contributed by atoms with E-state index >= 15 is 0 Å². The predicted molar refractivity (Wildman–Crippen MR) is 64.1 cm³/mol. The lowest BCUT2D eigenvalue weighted by molar-refractivity contribution is -0.0179. The van der Waals surface area contributed by atoms with Crippen molar-refractivity contribution in [2.45, 2.75) is 32.6 Å². The normalized spacial score (nSPS) is 13.2.